The number of pyridine rings is 1. The Morgan fingerprint density at radius 1 is 1.38 bits per heavy atom. The lowest BCUT2D eigenvalue weighted by Gasteiger charge is -2.33. The Bertz CT molecular complexity index is 778. The number of aliphatic carboxylic acids is 1. The van der Waals surface area contributed by atoms with Gasteiger partial charge in [-0.1, -0.05) is 17.7 Å². The fraction of sp³-hybridized carbons (Fsp3) is 0.389. The highest BCUT2D eigenvalue weighted by Crippen LogP contribution is 2.27. The fourth-order valence-electron chi connectivity index (χ4n) is 3.30. The molecule has 0 spiro atoms. The number of hydrogen-bond acceptors (Lipinski definition) is 3. The highest BCUT2D eigenvalue weighted by Gasteiger charge is 2.26. The van der Waals surface area contributed by atoms with Crippen LogP contribution in [0.25, 0.3) is 10.9 Å². The monoisotopic (exact) mass is 346 g/mol. The molecule has 2 aromatic rings. The Labute approximate surface area is 145 Å². The van der Waals surface area contributed by atoms with E-state index in [1.807, 2.05) is 12.1 Å². The summed E-state index contributed by atoms with van der Waals surface area (Å²) in [5.41, 5.74) is 1.16. The molecule has 1 aromatic carbocycles. The van der Waals surface area contributed by atoms with Gasteiger partial charge in [-0.25, -0.2) is 0 Å². The standard InChI is InChI=1S/C18H19ClN2O3/c19-14-9-13-4-1-7-20-17(13)15(10-14)18(24)21-8-2-3-12(11-21)5-6-16(22)23/h1,4,7,9-10,12H,2-3,5-6,8,11H2,(H,22,23). The summed E-state index contributed by atoms with van der Waals surface area (Å²) in [7, 11) is 0. The number of nitrogens with zero attached hydrogens (tertiary/aromatic N) is 2. The Morgan fingerprint density at radius 2 is 2.21 bits per heavy atom. The lowest BCUT2D eigenvalue weighted by Crippen LogP contribution is -2.40. The molecular formula is C18H19ClN2O3. The minimum Gasteiger partial charge on any atom is -0.481 e. The zero-order chi connectivity index (χ0) is 17.1. The van der Waals surface area contributed by atoms with E-state index in [9.17, 15) is 9.59 Å². The number of rotatable bonds is 4. The van der Waals surface area contributed by atoms with Crippen LogP contribution in [0, 0.1) is 5.92 Å². The van der Waals surface area contributed by atoms with Crippen molar-refractivity contribution >= 4 is 34.4 Å². The van der Waals surface area contributed by atoms with Crippen molar-refractivity contribution in [3.63, 3.8) is 0 Å². The molecule has 0 saturated carbocycles. The summed E-state index contributed by atoms with van der Waals surface area (Å²) >= 11 is 6.16. The predicted molar refractivity (Wildman–Crippen MR) is 92.3 cm³/mol. The van der Waals surface area contributed by atoms with E-state index in [0.717, 1.165) is 18.2 Å². The van der Waals surface area contributed by atoms with Gasteiger partial charge in [0.2, 0.25) is 0 Å². The van der Waals surface area contributed by atoms with Crippen LogP contribution < -0.4 is 0 Å². The summed E-state index contributed by atoms with van der Waals surface area (Å²) in [6.45, 7) is 1.27. The van der Waals surface area contributed by atoms with Crippen LogP contribution in [0.15, 0.2) is 30.5 Å². The first-order valence-electron chi connectivity index (χ1n) is 8.10. The van der Waals surface area contributed by atoms with Crippen LogP contribution in [0.4, 0.5) is 0 Å². The molecule has 0 bridgehead atoms. The molecule has 5 nitrogen and oxygen atoms in total. The van der Waals surface area contributed by atoms with Crippen LogP contribution in [0.2, 0.25) is 5.02 Å². The van der Waals surface area contributed by atoms with Crippen molar-refractivity contribution in [1.29, 1.82) is 0 Å². The van der Waals surface area contributed by atoms with Gasteiger partial charge in [0.15, 0.2) is 0 Å². The van der Waals surface area contributed by atoms with E-state index in [1.165, 1.54) is 0 Å². The van der Waals surface area contributed by atoms with Gasteiger partial charge < -0.3 is 10.0 Å². The van der Waals surface area contributed by atoms with Crippen LogP contribution in [-0.4, -0.2) is 40.0 Å². The minimum atomic E-state index is -0.788. The van der Waals surface area contributed by atoms with Gasteiger partial charge in [0, 0.05) is 36.1 Å². The summed E-state index contributed by atoms with van der Waals surface area (Å²) in [5.74, 6) is -0.637. The minimum absolute atomic E-state index is 0.0822. The number of piperidine rings is 1. The summed E-state index contributed by atoms with van der Waals surface area (Å²) < 4.78 is 0. The van der Waals surface area contributed by atoms with Crippen LogP contribution in [-0.2, 0) is 4.79 Å². The molecule has 126 valence electrons. The first-order chi connectivity index (χ1) is 11.5. The first-order valence-corrected chi connectivity index (χ1v) is 8.48. The number of carbonyl (C=O) groups is 2. The Morgan fingerprint density at radius 3 is 3.00 bits per heavy atom. The fourth-order valence-corrected chi connectivity index (χ4v) is 3.53. The third-order valence-corrected chi connectivity index (χ3v) is 4.69. The SMILES string of the molecule is O=C(O)CCC1CCCN(C(=O)c2cc(Cl)cc3cccnc23)C1. The Balaban J connectivity index is 1.82. The molecule has 1 aliphatic rings. The molecule has 1 N–H and O–H groups in total. The molecule has 24 heavy (non-hydrogen) atoms. The lowest BCUT2D eigenvalue weighted by molar-refractivity contribution is -0.137. The number of carbonyl (C=O) groups excluding carboxylic acids is 1. The number of aromatic nitrogens is 1. The van der Waals surface area contributed by atoms with Crippen molar-refractivity contribution in [2.24, 2.45) is 5.92 Å². The summed E-state index contributed by atoms with van der Waals surface area (Å²) in [6, 6.07) is 7.17. The number of carboxylic acids is 1. The number of fused-ring (bicyclic) bond motifs is 1. The molecular weight excluding hydrogens is 328 g/mol. The van der Waals surface area contributed by atoms with Gasteiger partial charge in [-0.15, -0.1) is 0 Å². The summed E-state index contributed by atoms with van der Waals surface area (Å²) in [4.78, 5) is 29.9. The smallest absolute Gasteiger partial charge is 0.303 e. The number of benzene rings is 1. The third kappa shape index (κ3) is 3.67. The van der Waals surface area contributed by atoms with Crippen molar-refractivity contribution in [3.8, 4) is 0 Å². The number of amides is 1. The molecule has 2 heterocycles. The zero-order valence-electron chi connectivity index (χ0n) is 13.2. The molecule has 1 saturated heterocycles. The van der Waals surface area contributed by atoms with E-state index < -0.39 is 5.97 Å². The zero-order valence-corrected chi connectivity index (χ0v) is 14.0. The van der Waals surface area contributed by atoms with Gasteiger partial charge in [-0.2, -0.15) is 0 Å². The van der Waals surface area contributed by atoms with E-state index >= 15 is 0 Å². The molecule has 1 amide bonds. The van der Waals surface area contributed by atoms with E-state index in [4.69, 9.17) is 16.7 Å². The second-order valence-corrected chi connectivity index (χ2v) is 6.66. The molecule has 0 aliphatic carbocycles. The van der Waals surface area contributed by atoms with Gasteiger partial charge in [-0.3, -0.25) is 14.6 Å². The van der Waals surface area contributed by atoms with Crippen LogP contribution >= 0.6 is 11.6 Å². The summed E-state index contributed by atoms with van der Waals surface area (Å²) in [6.07, 6.45) is 4.27. The van der Waals surface area contributed by atoms with Gasteiger partial charge in [0.1, 0.15) is 0 Å². The van der Waals surface area contributed by atoms with Gasteiger partial charge in [0.05, 0.1) is 11.1 Å². The van der Waals surface area contributed by atoms with Gasteiger partial charge >= 0.3 is 5.97 Å². The number of hydrogen-bond donors (Lipinski definition) is 1. The van der Waals surface area contributed by atoms with Gasteiger partial charge in [-0.05, 0) is 43.4 Å². The number of halogens is 1. The topological polar surface area (TPSA) is 70.5 Å². The molecule has 0 radical (unpaired) electrons. The highest BCUT2D eigenvalue weighted by molar-refractivity contribution is 6.32. The average Bonchev–Trinajstić information content (AvgIpc) is 2.58. The second-order valence-electron chi connectivity index (χ2n) is 6.22. The van der Waals surface area contributed by atoms with Crippen molar-refractivity contribution in [1.82, 2.24) is 9.88 Å². The second kappa shape index (κ2) is 7.18. The lowest BCUT2D eigenvalue weighted by atomic mass is 9.93. The molecule has 1 aliphatic heterocycles. The third-order valence-electron chi connectivity index (χ3n) is 4.47. The summed E-state index contributed by atoms with van der Waals surface area (Å²) in [5, 5.41) is 10.2. The van der Waals surface area contributed by atoms with Gasteiger partial charge in [0.25, 0.3) is 5.91 Å². The van der Waals surface area contributed by atoms with E-state index in [2.05, 4.69) is 4.98 Å². The maximum absolute atomic E-state index is 13.0. The number of carboxylic acid groups (broad SMARTS) is 1. The maximum Gasteiger partial charge on any atom is 0.303 e. The normalized spacial score (nSPS) is 17.9. The van der Waals surface area contributed by atoms with Crippen molar-refractivity contribution in [3.05, 3.63) is 41.0 Å². The quantitative estimate of drug-likeness (QED) is 0.918. The molecule has 1 unspecified atom stereocenters. The molecule has 6 heteroatoms. The maximum atomic E-state index is 13.0. The number of likely N-dealkylation sites (tertiary alicyclic amines) is 1. The Hall–Kier alpha value is -2.14. The van der Waals surface area contributed by atoms with E-state index in [-0.39, 0.29) is 18.2 Å². The van der Waals surface area contributed by atoms with Crippen molar-refractivity contribution in [2.45, 2.75) is 25.7 Å². The van der Waals surface area contributed by atoms with E-state index in [1.54, 1.807) is 23.2 Å². The largest absolute Gasteiger partial charge is 0.481 e. The van der Waals surface area contributed by atoms with Crippen LogP contribution in [0.5, 0.6) is 0 Å². The van der Waals surface area contributed by atoms with Crippen molar-refractivity contribution in [2.75, 3.05) is 13.1 Å². The predicted octanol–water partition coefficient (Wildman–Crippen LogP) is 3.61. The Kier molecular flexibility index (Phi) is 5.00. The molecule has 1 atom stereocenters. The van der Waals surface area contributed by atoms with Crippen molar-refractivity contribution < 1.29 is 14.7 Å². The first kappa shape index (κ1) is 16.7. The molecule has 3 rings (SSSR count). The highest BCUT2D eigenvalue weighted by atomic mass is 35.5. The molecule has 1 fully saturated rings. The average molecular weight is 347 g/mol. The molecule has 1 aromatic heterocycles. The van der Waals surface area contributed by atoms with E-state index in [0.29, 0.717) is 35.6 Å². The van der Waals surface area contributed by atoms with Crippen LogP contribution in [0.1, 0.15) is 36.0 Å². The van der Waals surface area contributed by atoms with Crippen LogP contribution in [0.3, 0.4) is 0 Å².